The average Bonchev–Trinajstić information content (AvgIpc) is 2.17. The third-order valence-corrected chi connectivity index (χ3v) is 3.69. The minimum Gasteiger partial charge on any atom is -0.465 e. The molecule has 1 rings (SSSR count). The first kappa shape index (κ1) is 13.0. The summed E-state index contributed by atoms with van der Waals surface area (Å²) in [5.74, 6) is 0.0558. The van der Waals surface area contributed by atoms with Crippen LogP contribution in [0.5, 0.6) is 0 Å². The Labute approximate surface area is 109 Å². The molecule has 0 radical (unpaired) electrons. The minimum atomic E-state index is -0.223. The van der Waals surface area contributed by atoms with Crippen LogP contribution in [0.4, 0.5) is 0 Å². The van der Waals surface area contributed by atoms with E-state index in [4.69, 9.17) is 4.74 Å². The predicted molar refractivity (Wildman–Crippen MR) is 67.0 cm³/mol. The highest BCUT2D eigenvalue weighted by molar-refractivity contribution is 9.11. The van der Waals surface area contributed by atoms with Crippen molar-refractivity contribution >= 4 is 49.6 Å². The number of aromatic nitrogens is 1. The van der Waals surface area contributed by atoms with E-state index in [-0.39, 0.29) is 11.7 Å². The van der Waals surface area contributed by atoms with Gasteiger partial charge in [0, 0.05) is 10.7 Å². The lowest BCUT2D eigenvalue weighted by Crippen LogP contribution is -2.06. The summed E-state index contributed by atoms with van der Waals surface area (Å²) in [6.07, 6.45) is 1.69. The lowest BCUT2D eigenvalue weighted by molar-refractivity contribution is -0.139. The Morgan fingerprint density at radius 1 is 1.60 bits per heavy atom. The molecule has 1 aromatic heterocycles. The first-order valence-electron chi connectivity index (χ1n) is 4.23. The normalized spacial score (nSPS) is 10.1. The quantitative estimate of drug-likeness (QED) is 0.614. The van der Waals surface area contributed by atoms with Gasteiger partial charge in [-0.15, -0.1) is 0 Å². The molecular weight excluding hydrogens is 346 g/mol. The Kier molecular flexibility index (Phi) is 5.63. The molecule has 0 saturated heterocycles. The molecule has 0 aliphatic rings. The van der Waals surface area contributed by atoms with Crippen LogP contribution >= 0.6 is 43.6 Å². The predicted octanol–water partition coefficient (Wildman–Crippen LogP) is 3.26. The Morgan fingerprint density at radius 3 is 2.93 bits per heavy atom. The number of nitrogens with zero attached hydrogens (tertiary/aromatic N) is 1. The van der Waals surface area contributed by atoms with Crippen molar-refractivity contribution in [2.24, 2.45) is 0 Å². The van der Waals surface area contributed by atoms with Gasteiger partial charge in [-0.2, -0.15) is 0 Å². The SMILES string of the molecule is CCOC(=O)CSc1ncc(Br)cc1Br. The topological polar surface area (TPSA) is 39.2 Å². The van der Waals surface area contributed by atoms with Gasteiger partial charge in [-0.1, -0.05) is 11.8 Å². The second-order valence-electron chi connectivity index (χ2n) is 2.53. The summed E-state index contributed by atoms with van der Waals surface area (Å²) >= 11 is 8.03. The highest BCUT2D eigenvalue weighted by atomic mass is 79.9. The molecule has 82 valence electrons. The molecule has 0 aromatic carbocycles. The van der Waals surface area contributed by atoms with Crippen LogP contribution < -0.4 is 0 Å². The molecule has 15 heavy (non-hydrogen) atoms. The first-order valence-corrected chi connectivity index (χ1v) is 6.80. The maximum Gasteiger partial charge on any atom is 0.316 e. The van der Waals surface area contributed by atoms with E-state index in [2.05, 4.69) is 36.8 Å². The van der Waals surface area contributed by atoms with Gasteiger partial charge in [0.15, 0.2) is 0 Å². The van der Waals surface area contributed by atoms with E-state index in [1.54, 1.807) is 13.1 Å². The van der Waals surface area contributed by atoms with Crippen molar-refractivity contribution in [3.8, 4) is 0 Å². The van der Waals surface area contributed by atoms with Gasteiger partial charge in [-0.3, -0.25) is 4.79 Å². The van der Waals surface area contributed by atoms with E-state index in [1.165, 1.54) is 11.8 Å². The monoisotopic (exact) mass is 353 g/mol. The zero-order valence-electron chi connectivity index (χ0n) is 8.00. The highest BCUT2D eigenvalue weighted by Crippen LogP contribution is 2.27. The number of thioether (sulfide) groups is 1. The number of carbonyl (C=O) groups excluding carboxylic acids is 1. The lowest BCUT2D eigenvalue weighted by Gasteiger charge is -2.03. The molecule has 1 heterocycles. The number of rotatable bonds is 4. The molecule has 0 saturated carbocycles. The summed E-state index contributed by atoms with van der Waals surface area (Å²) in [6.45, 7) is 2.20. The van der Waals surface area contributed by atoms with E-state index < -0.39 is 0 Å². The molecule has 0 atom stereocenters. The van der Waals surface area contributed by atoms with Gasteiger partial charge in [0.25, 0.3) is 0 Å². The molecule has 0 fully saturated rings. The highest BCUT2D eigenvalue weighted by Gasteiger charge is 2.07. The van der Waals surface area contributed by atoms with E-state index >= 15 is 0 Å². The number of pyridine rings is 1. The van der Waals surface area contributed by atoms with Crippen LogP contribution in [0, 0.1) is 0 Å². The zero-order valence-corrected chi connectivity index (χ0v) is 12.0. The van der Waals surface area contributed by atoms with E-state index in [0.29, 0.717) is 6.61 Å². The number of halogens is 2. The van der Waals surface area contributed by atoms with Gasteiger partial charge in [0.2, 0.25) is 0 Å². The fourth-order valence-corrected chi connectivity index (χ4v) is 2.83. The van der Waals surface area contributed by atoms with Crippen LogP contribution in [0.3, 0.4) is 0 Å². The van der Waals surface area contributed by atoms with E-state index in [0.717, 1.165) is 14.0 Å². The standard InChI is InChI=1S/C9H9Br2NO2S/c1-2-14-8(13)5-15-9-7(11)3-6(10)4-12-9/h3-4H,2,5H2,1H3. The van der Waals surface area contributed by atoms with Crippen molar-refractivity contribution in [3.63, 3.8) is 0 Å². The molecule has 6 heteroatoms. The number of carbonyl (C=O) groups is 1. The smallest absolute Gasteiger partial charge is 0.316 e. The van der Waals surface area contributed by atoms with E-state index in [1.807, 2.05) is 6.07 Å². The number of esters is 1. The third kappa shape index (κ3) is 4.53. The average molecular weight is 355 g/mol. The van der Waals surface area contributed by atoms with Crippen LogP contribution in [0.1, 0.15) is 6.92 Å². The zero-order chi connectivity index (χ0) is 11.3. The van der Waals surface area contributed by atoms with Crippen LogP contribution in [0.25, 0.3) is 0 Å². The molecule has 0 N–H and O–H groups in total. The van der Waals surface area contributed by atoms with Crippen molar-refractivity contribution in [1.82, 2.24) is 4.98 Å². The Morgan fingerprint density at radius 2 is 2.33 bits per heavy atom. The summed E-state index contributed by atoms with van der Waals surface area (Å²) in [6, 6.07) is 1.89. The van der Waals surface area contributed by atoms with Crippen LogP contribution in [-0.4, -0.2) is 23.3 Å². The Balaban J connectivity index is 2.54. The maximum atomic E-state index is 11.1. The second kappa shape index (κ2) is 6.50. The van der Waals surface area contributed by atoms with Crippen LogP contribution in [0.2, 0.25) is 0 Å². The molecule has 0 unspecified atom stereocenters. The molecule has 0 aliphatic heterocycles. The number of ether oxygens (including phenoxy) is 1. The van der Waals surface area contributed by atoms with Crippen molar-refractivity contribution < 1.29 is 9.53 Å². The van der Waals surface area contributed by atoms with Crippen LogP contribution in [-0.2, 0) is 9.53 Å². The minimum absolute atomic E-state index is 0.223. The molecule has 3 nitrogen and oxygen atoms in total. The van der Waals surface area contributed by atoms with Gasteiger partial charge < -0.3 is 4.74 Å². The first-order chi connectivity index (χ1) is 7.13. The fourth-order valence-electron chi connectivity index (χ4n) is 0.838. The Hall–Kier alpha value is -0.0700. The summed E-state index contributed by atoms with van der Waals surface area (Å²) in [5.41, 5.74) is 0. The molecular formula is C9H9Br2NO2S. The molecule has 1 aromatic rings. The van der Waals surface area contributed by atoms with Crippen molar-refractivity contribution in [2.45, 2.75) is 11.9 Å². The fraction of sp³-hybridized carbons (Fsp3) is 0.333. The second-order valence-corrected chi connectivity index (χ2v) is 5.27. The van der Waals surface area contributed by atoms with Crippen molar-refractivity contribution in [3.05, 3.63) is 21.2 Å². The van der Waals surface area contributed by atoms with Gasteiger partial charge in [-0.05, 0) is 44.8 Å². The summed E-state index contributed by atoms with van der Waals surface area (Å²) in [4.78, 5) is 15.3. The summed E-state index contributed by atoms with van der Waals surface area (Å²) < 4.78 is 6.58. The molecule has 0 amide bonds. The lowest BCUT2D eigenvalue weighted by atomic mass is 10.5. The largest absolute Gasteiger partial charge is 0.465 e. The third-order valence-electron chi connectivity index (χ3n) is 1.41. The van der Waals surface area contributed by atoms with Crippen molar-refractivity contribution in [2.75, 3.05) is 12.4 Å². The number of hydrogen-bond donors (Lipinski definition) is 0. The van der Waals surface area contributed by atoms with Crippen LogP contribution in [0.15, 0.2) is 26.2 Å². The van der Waals surface area contributed by atoms with Gasteiger partial charge in [0.05, 0.1) is 16.8 Å². The van der Waals surface area contributed by atoms with Crippen molar-refractivity contribution in [1.29, 1.82) is 0 Å². The Bertz CT molecular complexity index is 360. The van der Waals surface area contributed by atoms with Gasteiger partial charge in [0.1, 0.15) is 5.03 Å². The summed E-state index contributed by atoms with van der Waals surface area (Å²) in [5, 5.41) is 0.784. The maximum absolute atomic E-state index is 11.1. The molecule has 0 spiro atoms. The number of hydrogen-bond acceptors (Lipinski definition) is 4. The van der Waals surface area contributed by atoms with E-state index in [9.17, 15) is 4.79 Å². The molecule has 0 aliphatic carbocycles. The molecule has 0 bridgehead atoms. The van der Waals surface area contributed by atoms with Gasteiger partial charge >= 0.3 is 5.97 Å². The summed E-state index contributed by atoms with van der Waals surface area (Å²) in [7, 11) is 0. The van der Waals surface area contributed by atoms with Gasteiger partial charge in [-0.25, -0.2) is 4.98 Å².